The average Bonchev–Trinajstić information content (AvgIpc) is 2.96. The molecule has 0 fully saturated rings. The fourth-order valence-corrected chi connectivity index (χ4v) is 2.51. The lowest BCUT2D eigenvalue weighted by molar-refractivity contribution is 0.102. The van der Waals surface area contributed by atoms with Gasteiger partial charge in [-0.2, -0.15) is 0 Å². The maximum absolute atomic E-state index is 12.4. The van der Waals surface area contributed by atoms with Gasteiger partial charge in [0.1, 0.15) is 5.75 Å². The van der Waals surface area contributed by atoms with Gasteiger partial charge < -0.3 is 19.5 Å². The lowest BCUT2D eigenvalue weighted by Gasteiger charge is -2.11. The van der Waals surface area contributed by atoms with Crippen LogP contribution in [0.1, 0.15) is 10.4 Å². The van der Waals surface area contributed by atoms with Gasteiger partial charge in [-0.3, -0.25) is 4.79 Å². The van der Waals surface area contributed by atoms with Crippen LogP contribution >= 0.6 is 23.2 Å². The molecule has 5 nitrogen and oxygen atoms in total. The number of halogens is 2. The molecule has 0 spiro atoms. The van der Waals surface area contributed by atoms with Crippen molar-refractivity contribution in [3.63, 3.8) is 0 Å². The number of methoxy groups -OCH3 is 1. The van der Waals surface area contributed by atoms with Crippen LogP contribution in [0.25, 0.3) is 0 Å². The summed E-state index contributed by atoms with van der Waals surface area (Å²) in [5.41, 5.74) is 0.810. The molecule has 114 valence electrons. The van der Waals surface area contributed by atoms with E-state index in [0.717, 1.165) is 0 Å². The molecule has 0 saturated carbocycles. The van der Waals surface area contributed by atoms with Crippen LogP contribution in [-0.2, 0) is 0 Å². The predicted octanol–water partition coefficient (Wildman–Crippen LogP) is 3.98. The zero-order chi connectivity index (χ0) is 15.7. The topological polar surface area (TPSA) is 56.8 Å². The molecule has 22 heavy (non-hydrogen) atoms. The molecule has 3 rings (SSSR count). The first kappa shape index (κ1) is 14.8. The molecule has 1 aliphatic rings. The van der Waals surface area contributed by atoms with E-state index in [1.54, 1.807) is 24.3 Å². The predicted molar refractivity (Wildman–Crippen MR) is 83.5 cm³/mol. The van der Waals surface area contributed by atoms with Gasteiger partial charge in [-0.1, -0.05) is 23.2 Å². The number of ether oxygens (including phenoxy) is 3. The van der Waals surface area contributed by atoms with Crippen molar-refractivity contribution >= 4 is 34.8 Å². The van der Waals surface area contributed by atoms with Gasteiger partial charge in [0.2, 0.25) is 6.79 Å². The molecule has 2 aromatic rings. The fourth-order valence-electron chi connectivity index (χ4n) is 2.07. The zero-order valence-corrected chi connectivity index (χ0v) is 13.0. The Morgan fingerprint density at radius 3 is 2.82 bits per heavy atom. The van der Waals surface area contributed by atoms with Gasteiger partial charge in [-0.15, -0.1) is 0 Å². The summed E-state index contributed by atoms with van der Waals surface area (Å²) in [6.45, 7) is 0.0856. The van der Waals surface area contributed by atoms with Crippen molar-refractivity contribution in [2.75, 3.05) is 19.2 Å². The van der Waals surface area contributed by atoms with E-state index in [-0.39, 0.29) is 12.7 Å². The Labute approximate surface area is 136 Å². The van der Waals surface area contributed by atoms with E-state index < -0.39 is 0 Å². The van der Waals surface area contributed by atoms with Gasteiger partial charge in [-0.05, 0) is 30.3 Å². The molecule has 1 heterocycles. The van der Waals surface area contributed by atoms with Gasteiger partial charge in [0.25, 0.3) is 5.91 Å². The third-order valence-corrected chi connectivity index (χ3v) is 3.61. The highest BCUT2D eigenvalue weighted by atomic mass is 35.5. The van der Waals surface area contributed by atoms with Gasteiger partial charge in [0.15, 0.2) is 11.5 Å². The van der Waals surface area contributed by atoms with Gasteiger partial charge in [0, 0.05) is 10.6 Å². The molecule has 0 radical (unpaired) electrons. The second-order valence-electron chi connectivity index (χ2n) is 4.49. The summed E-state index contributed by atoms with van der Waals surface area (Å²) >= 11 is 12.0. The first-order valence-electron chi connectivity index (χ1n) is 6.32. The Balaban J connectivity index is 1.89. The third-order valence-electron chi connectivity index (χ3n) is 3.10. The molecule has 1 N–H and O–H groups in total. The van der Waals surface area contributed by atoms with E-state index in [0.29, 0.717) is 38.5 Å². The summed E-state index contributed by atoms with van der Waals surface area (Å²) in [5, 5.41) is 3.54. The first-order valence-corrected chi connectivity index (χ1v) is 7.08. The van der Waals surface area contributed by atoms with E-state index in [1.807, 2.05) is 0 Å². The summed E-state index contributed by atoms with van der Waals surface area (Å²) in [5.74, 6) is 1.03. The van der Waals surface area contributed by atoms with E-state index in [9.17, 15) is 4.79 Å². The largest absolute Gasteiger partial charge is 0.495 e. The third kappa shape index (κ3) is 2.77. The maximum atomic E-state index is 12.4. The second-order valence-corrected chi connectivity index (χ2v) is 5.33. The summed E-state index contributed by atoms with van der Waals surface area (Å²) in [6, 6.07) is 8.03. The summed E-state index contributed by atoms with van der Waals surface area (Å²) in [4.78, 5) is 12.4. The quantitative estimate of drug-likeness (QED) is 0.918. The smallest absolute Gasteiger partial charge is 0.255 e. The van der Waals surface area contributed by atoms with E-state index >= 15 is 0 Å². The van der Waals surface area contributed by atoms with Crippen molar-refractivity contribution in [2.24, 2.45) is 0 Å². The van der Waals surface area contributed by atoms with Crippen LogP contribution in [0.2, 0.25) is 10.0 Å². The molecule has 0 aromatic heterocycles. The van der Waals surface area contributed by atoms with Crippen LogP contribution in [0, 0.1) is 0 Å². The number of anilines is 1. The number of hydrogen-bond acceptors (Lipinski definition) is 4. The molecule has 0 saturated heterocycles. The summed E-state index contributed by atoms with van der Waals surface area (Å²) < 4.78 is 15.7. The first-order chi connectivity index (χ1) is 10.6. The van der Waals surface area contributed by atoms with Crippen LogP contribution < -0.4 is 19.5 Å². The number of carbonyl (C=O) groups is 1. The molecule has 1 aliphatic heterocycles. The minimum Gasteiger partial charge on any atom is -0.495 e. The molecule has 0 bridgehead atoms. The van der Waals surface area contributed by atoms with Gasteiger partial charge in [-0.25, -0.2) is 0 Å². The number of nitrogens with one attached hydrogen (secondary N) is 1. The number of rotatable bonds is 3. The fraction of sp³-hybridized carbons (Fsp3) is 0.133. The Bertz CT molecular complexity index is 749. The van der Waals surface area contributed by atoms with Crippen LogP contribution in [-0.4, -0.2) is 19.8 Å². The van der Waals surface area contributed by atoms with Crippen LogP contribution in [0.4, 0.5) is 5.69 Å². The lowest BCUT2D eigenvalue weighted by Crippen LogP contribution is -2.12. The molecule has 1 amide bonds. The molecular formula is C15H11Cl2NO4. The minimum atomic E-state index is -0.360. The van der Waals surface area contributed by atoms with Crippen molar-refractivity contribution < 1.29 is 19.0 Å². The van der Waals surface area contributed by atoms with Crippen molar-refractivity contribution in [3.05, 3.63) is 45.9 Å². The minimum absolute atomic E-state index is 0.0856. The Morgan fingerprint density at radius 1 is 1.23 bits per heavy atom. The Kier molecular flexibility index (Phi) is 4.00. The molecule has 0 unspecified atom stereocenters. The van der Waals surface area contributed by atoms with Crippen molar-refractivity contribution in [1.82, 2.24) is 0 Å². The number of carbonyl (C=O) groups excluding carboxylic acids is 1. The highest BCUT2D eigenvalue weighted by Gasteiger charge is 2.21. The number of benzene rings is 2. The average molecular weight is 340 g/mol. The van der Waals surface area contributed by atoms with E-state index in [4.69, 9.17) is 37.4 Å². The Morgan fingerprint density at radius 2 is 2.05 bits per heavy atom. The number of fused-ring (bicyclic) bond motifs is 1. The van der Waals surface area contributed by atoms with Crippen LogP contribution in [0.15, 0.2) is 30.3 Å². The Hall–Kier alpha value is -2.11. The van der Waals surface area contributed by atoms with Crippen molar-refractivity contribution in [2.45, 2.75) is 0 Å². The molecule has 0 aliphatic carbocycles. The maximum Gasteiger partial charge on any atom is 0.255 e. The molecular weight excluding hydrogens is 329 g/mol. The zero-order valence-electron chi connectivity index (χ0n) is 11.5. The lowest BCUT2D eigenvalue weighted by atomic mass is 10.1. The normalized spacial score (nSPS) is 12.1. The second kappa shape index (κ2) is 5.94. The van der Waals surface area contributed by atoms with Crippen molar-refractivity contribution in [3.8, 4) is 17.2 Å². The molecule has 7 heteroatoms. The molecule has 2 aromatic carbocycles. The molecule has 0 atom stereocenters. The highest BCUT2D eigenvalue weighted by molar-refractivity contribution is 6.33. The number of hydrogen-bond donors (Lipinski definition) is 1. The van der Waals surface area contributed by atoms with Gasteiger partial charge in [0.05, 0.1) is 17.8 Å². The van der Waals surface area contributed by atoms with Crippen LogP contribution in [0.3, 0.4) is 0 Å². The standard InChI is InChI=1S/C15H11Cl2NO4/c1-20-12-3-2-9(16)6-11(12)18-15(19)8-4-10(17)14-13(5-8)21-7-22-14/h2-6H,7H2,1H3,(H,18,19). The summed E-state index contributed by atoms with van der Waals surface area (Å²) in [7, 11) is 1.51. The highest BCUT2D eigenvalue weighted by Crippen LogP contribution is 2.40. The monoisotopic (exact) mass is 339 g/mol. The van der Waals surface area contributed by atoms with Crippen molar-refractivity contribution in [1.29, 1.82) is 0 Å². The SMILES string of the molecule is COc1ccc(Cl)cc1NC(=O)c1cc(Cl)c2c(c1)OCO2. The van der Waals surface area contributed by atoms with E-state index in [1.165, 1.54) is 13.2 Å². The number of amides is 1. The summed E-state index contributed by atoms with van der Waals surface area (Å²) in [6.07, 6.45) is 0. The van der Waals surface area contributed by atoms with E-state index in [2.05, 4.69) is 5.32 Å². The van der Waals surface area contributed by atoms with Crippen LogP contribution in [0.5, 0.6) is 17.2 Å². The van der Waals surface area contributed by atoms with Gasteiger partial charge >= 0.3 is 0 Å².